The van der Waals surface area contributed by atoms with Crippen molar-refractivity contribution < 1.29 is 50.2 Å². The van der Waals surface area contributed by atoms with Crippen molar-refractivity contribution in [3.8, 4) is 28.0 Å². The zero-order chi connectivity index (χ0) is 27.4. The number of thiophene rings is 2. The van der Waals surface area contributed by atoms with E-state index in [1.54, 1.807) is 17.5 Å². The van der Waals surface area contributed by atoms with E-state index in [0.29, 0.717) is 20.9 Å². The minimum absolute atomic E-state index is 0.0193. The molecule has 0 bridgehead atoms. The minimum Gasteiger partial charge on any atom is -0.539 e. The monoisotopic (exact) mass is 572 g/mol. The SMILES string of the molecule is Nc1c(C(=O)c2c([O-])on[n+]2-c2ccc(OC(F)(F)F)cc2)sc2nc(-c3cccs3)cc(C(F)(F)F)c12. The fourth-order valence-corrected chi connectivity index (χ4v) is 5.32. The first kappa shape index (κ1) is 25.5. The third-order valence-electron chi connectivity index (χ3n) is 5.12. The van der Waals surface area contributed by atoms with E-state index in [4.69, 9.17) is 5.73 Å². The van der Waals surface area contributed by atoms with Crippen LogP contribution in [-0.4, -0.2) is 22.4 Å². The van der Waals surface area contributed by atoms with Crippen LogP contribution in [0.1, 0.15) is 20.9 Å². The van der Waals surface area contributed by atoms with Crippen LogP contribution in [0.4, 0.5) is 32.0 Å². The maximum absolute atomic E-state index is 14.0. The molecule has 1 aromatic carbocycles. The summed E-state index contributed by atoms with van der Waals surface area (Å²) in [6.07, 6.45) is -9.79. The number of carbonyl (C=O) groups excluding carboxylic acids is 1. The molecular weight excluding hydrogens is 562 g/mol. The minimum atomic E-state index is -4.95. The molecule has 0 atom stereocenters. The number of hydrogen-bond acceptors (Lipinski definition) is 9. The normalized spacial score (nSPS) is 12.3. The van der Waals surface area contributed by atoms with Gasteiger partial charge in [-0.3, -0.25) is 4.79 Å². The maximum atomic E-state index is 14.0. The van der Waals surface area contributed by atoms with Crippen molar-refractivity contribution in [1.82, 2.24) is 10.3 Å². The van der Waals surface area contributed by atoms with Crippen LogP contribution in [0, 0.1) is 0 Å². The molecule has 8 nitrogen and oxygen atoms in total. The van der Waals surface area contributed by atoms with Gasteiger partial charge in [0.05, 0.1) is 27.1 Å². The lowest BCUT2D eigenvalue weighted by Crippen LogP contribution is -2.39. The summed E-state index contributed by atoms with van der Waals surface area (Å²) in [6, 6.07) is 7.98. The second kappa shape index (κ2) is 8.98. The Bertz CT molecular complexity index is 1660. The molecule has 5 rings (SSSR count). The number of ether oxygens (including phenoxy) is 1. The summed E-state index contributed by atoms with van der Waals surface area (Å²) >= 11 is 1.71. The first-order valence-corrected chi connectivity index (χ1v) is 11.9. The molecule has 4 heterocycles. The van der Waals surface area contributed by atoms with Crippen molar-refractivity contribution in [3.05, 3.63) is 64.0 Å². The van der Waals surface area contributed by atoms with Gasteiger partial charge in [-0.2, -0.15) is 13.2 Å². The highest BCUT2D eigenvalue weighted by atomic mass is 32.1. The van der Waals surface area contributed by atoms with Crippen molar-refractivity contribution in [2.24, 2.45) is 0 Å². The van der Waals surface area contributed by atoms with Crippen LogP contribution in [0.3, 0.4) is 0 Å². The number of aromatic nitrogens is 3. The number of pyridine rings is 1. The van der Waals surface area contributed by atoms with Crippen molar-refractivity contribution in [1.29, 1.82) is 0 Å². The predicted octanol–water partition coefficient (Wildman–Crippen LogP) is 5.09. The van der Waals surface area contributed by atoms with Crippen LogP contribution in [0.5, 0.6) is 11.7 Å². The number of alkyl halides is 6. The van der Waals surface area contributed by atoms with Crippen LogP contribution in [-0.2, 0) is 6.18 Å². The highest BCUT2D eigenvalue weighted by Gasteiger charge is 2.38. The van der Waals surface area contributed by atoms with E-state index in [2.05, 4.69) is 19.5 Å². The summed E-state index contributed by atoms with van der Waals surface area (Å²) in [6.45, 7) is 0. The fraction of sp³-hybridized carbons (Fsp3) is 0.0909. The van der Waals surface area contributed by atoms with E-state index in [1.807, 2.05) is 0 Å². The van der Waals surface area contributed by atoms with E-state index in [1.165, 1.54) is 0 Å². The van der Waals surface area contributed by atoms with Crippen molar-refractivity contribution in [3.63, 3.8) is 0 Å². The summed E-state index contributed by atoms with van der Waals surface area (Å²) in [7, 11) is 0. The molecule has 0 aliphatic rings. The van der Waals surface area contributed by atoms with Crippen molar-refractivity contribution >= 4 is 44.4 Å². The van der Waals surface area contributed by atoms with E-state index in [9.17, 15) is 36.2 Å². The summed E-state index contributed by atoms with van der Waals surface area (Å²) in [5, 5.41) is 17.0. The molecule has 2 N–H and O–H groups in total. The van der Waals surface area contributed by atoms with Gasteiger partial charge in [0.2, 0.25) is 5.69 Å². The Balaban J connectivity index is 1.61. The van der Waals surface area contributed by atoms with Gasteiger partial charge in [-0.25, -0.2) is 4.98 Å². The summed E-state index contributed by atoms with van der Waals surface area (Å²) in [5.74, 6) is -2.94. The van der Waals surface area contributed by atoms with Gasteiger partial charge >= 0.3 is 18.2 Å². The molecule has 196 valence electrons. The van der Waals surface area contributed by atoms with Gasteiger partial charge in [0.25, 0.3) is 5.78 Å². The molecule has 0 unspecified atom stereocenters. The Hall–Kier alpha value is -4.18. The Labute approximate surface area is 215 Å². The third-order valence-corrected chi connectivity index (χ3v) is 7.12. The van der Waals surface area contributed by atoms with Crippen LogP contribution >= 0.6 is 22.7 Å². The topological polar surface area (TPSA) is 118 Å². The van der Waals surface area contributed by atoms with Gasteiger partial charge in [0.1, 0.15) is 15.5 Å². The first-order valence-electron chi connectivity index (χ1n) is 10.2. The molecule has 5 aromatic rings. The molecule has 0 spiro atoms. The second-order valence-electron chi connectivity index (χ2n) is 7.55. The average Bonchev–Trinajstić information content (AvgIpc) is 3.57. The van der Waals surface area contributed by atoms with Crippen molar-refractivity contribution in [2.75, 3.05) is 5.73 Å². The number of fused-ring (bicyclic) bond motifs is 1. The predicted molar refractivity (Wildman–Crippen MR) is 120 cm³/mol. The molecule has 0 aliphatic heterocycles. The van der Waals surface area contributed by atoms with Gasteiger partial charge in [-0.1, -0.05) is 6.07 Å². The highest BCUT2D eigenvalue weighted by Crippen LogP contribution is 2.44. The Morgan fingerprint density at radius 3 is 2.42 bits per heavy atom. The number of benzene rings is 1. The van der Waals surface area contributed by atoms with Crippen LogP contribution < -0.4 is 20.3 Å². The van der Waals surface area contributed by atoms with E-state index < -0.39 is 57.2 Å². The summed E-state index contributed by atoms with van der Waals surface area (Å²) in [5.41, 5.74) is 3.55. The standard InChI is InChI=1S/C22H10F6N4O4S2/c23-21(24,25)11-8-12(13-2-1-7-37-13)30-19-14(11)15(29)18(38-19)17(33)16-20(34)36-31-32(16)9-3-5-10(6-4-9)35-22(26,27)28/h1-8H,(H2-,29,31,33,34). The van der Waals surface area contributed by atoms with Gasteiger partial charge < -0.3 is 20.1 Å². The van der Waals surface area contributed by atoms with Gasteiger partial charge in [-0.15, -0.1) is 35.8 Å². The number of rotatable bonds is 5. The molecule has 4 aromatic heterocycles. The lowest BCUT2D eigenvalue weighted by molar-refractivity contribution is -0.672. The van der Waals surface area contributed by atoms with Crippen LogP contribution in [0.15, 0.2) is 52.4 Å². The largest absolute Gasteiger partial charge is 0.573 e. The average molecular weight is 572 g/mol. The fourth-order valence-electron chi connectivity index (χ4n) is 3.57. The number of anilines is 1. The van der Waals surface area contributed by atoms with Gasteiger partial charge in [0.15, 0.2) is 5.95 Å². The molecule has 0 saturated carbocycles. The first-order chi connectivity index (χ1) is 17.8. The Kier molecular flexibility index (Phi) is 6.02. The van der Waals surface area contributed by atoms with Gasteiger partial charge in [-0.05, 0) is 34.3 Å². The smallest absolute Gasteiger partial charge is 0.539 e. The summed E-state index contributed by atoms with van der Waals surface area (Å²) < 4.78 is 88.2. The second-order valence-corrected chi connectivity index (χ2v) is 9.49. The Morgan fingerprint density at radius 1 is 1.11 bits per heavy atom. The number of halogens is 6. The molecule has 0 fully saturated rings. The van der Waals surface area contributed by atoms with E-state index in [0.717, 1.165) is 41.7 Å². The number of nitrogens with two attached hydrogens (primary N) is 1. The molecule has 0 saturated heterocycles. The zero-order valence-electron chi connectivity index (χ0n) is 18.3. The van der Waals surface area contributed by atoms with Crippen molar-refractivity contribution in [2.45, 2.75) is 12.5 Å². The third kappa shape index (κ3) is 4.63. The number of nitrogens with zero attached hydrogens (tertiary/aromatic N) is 3. The zero-order valence-corrected chi connectivity index (χ0v) is 19.9. The van der Waals surface area contributed by atoms with Crippen LogP contribution in [0.25, 0.3) is 26.5 Å². The van der Waals surface area contributed by atoms with E-state index in [-0.39, 0.29) is 16.2 Å². The molecular formula is C22H10F6N4O4S2. The molecule has 38 heavy (non-hydrogen) atoms. The molecule has 16 heteroatoms. The van der Waals surface area contributed by atoms with E-state index >= 15 is 0 Å². The Morgan fingerprint density at radius 2 is 1.82 bits per heavy atom. The number of hydrogen-bond donors (Lipinski definition) is 1. The number of ketones is 1. The molecule has 0 aliphatic carbocycles. The lowest BCUT2D eigenvalue weighted by Gasteiger charge is -2.10. The maximum Gasteiger partial charge on any atom is 0.573 e. The van der Waals surface area contributed by atoms with Gasteiger partial charge in [0, 0.05) is 17.5 Å². The molecule has 0 radical (unpaired) electrons. The lowest BCUT2D eigenvalue weighted by atomic mass is 10.1. The van der Waals surface area contributed by atoms with Crippen LogP contribution in [0.2, 0.25) is 0 Å². The molecule has 0 amide bonds. The number of carbonyl (C=O) groups is 1. The quantitative estimate of drug-likeness (QED) is 0.177. The summed E-state index contributed by atoms with van der Waals surface area (Å²) in [4.78, 5) is 17.5. The number of nitrogen functional groups attached to an aromatic ring is 1. The highest BCUT2D eigenvalue weighted by molar-refractivity contribution is 7.21.